The van der Waals surface area contributed by atoms with Gasteiger partial charge in [-0.1, -0.05) is 26.5 Å². The summed E-state index contributed by atoms with van der Waals surface area (Å²) in [5.41, 5.74) is 0.0689. The Morgan fingerprint density at radius 1 is 1.24 bits per heavy atom. The summed E-state index contributed by atoms with van der Waals surface area (Å²) < 4.78 is 4.94. The molecule has 0 aliphatic carbocycles. The second-order valence-corrected chi connectivity index (χ2v) is 4.07. The van der Waals surface area contributed by atoms with Gasteiger partial charge in [0.05, 0.1) is 12.2 Å². The predicted molar refractivity (Wildman–Crippen MR) is 67.4 cm³/mol. The number of carbonyl (C=O) groups is 2. The van der Waals surface area contributed by atoms with E-state index < -0.39 is 11.9 Å². The van der Waals surface area contributed by atoms with Gasteiger partial charge in [-0.05, 0) is 20.3 Å². The van der Waals surface area contributed by atoms with E-state index in [-0.39, 0.29) is 17.2 Å². The second-order valence-electron chi connectivity index (χ2n) is 4.07. The van der Waals surface area contributed by atoms with Crippen LogP contribution in [0.25, 0.3) is 0 Å². The number of hydrogen-bond acceptors (Lipinski definition) is 3. The third kappa shape index (κ3) is 5.90. The van der Waals surface area contributed by atoms with Crippen molar-refractivity contribution >= 4 is 11.9 Å². The highest BCUT2D eigenvalue weighted by molar-refractivity contribution is 6.08. The summed E-state index contributed by atoms with van der Waals surface area (Å²) in [7, 11) is 0. The maximum atomic E-state index is 11.6. The Balaban J connectivity index is 4.25. The number of rotatable bonds is 7. The Labute approximate surface area is 103 Å². The zero-order chi connectivity index (χ0) is 13.4. The molecule has 96 valence electrons. The van der Waals surface area contributed by atoms with Crippen LogP contribution in [0, 0.1) is 0 Å². The summed E-state index contributed by atoms with van der Waals surface area (Å²) in [6, 6.07) is -0.0110. The minimum absolute atomic E-state index is 0.0110. The molecule has 0 aromatic heterocycles. The first-order chi connectivity index (χ1) is 7.90. The number of carbonyl (C=O) groups excluding carboxylic acids is 2. The lowest BCUT2D eigenvalue weighted by Gasteiger charge is -2.11. The fraction of sp³-hybridized carbons (Fsp3) is 0.538. The first-order valence-corrected chi connectivity index (χ1v) is 5.76. The molecule has 0 heterocycles. The van der Waals surface area contributed by atoms with Gasteiger partial charge in [-0.3, -0.25) is 4.79 Å². The van der Waals surface area contributed by atoms with Gasteiger partial charge in [0.25, 0.3) is 5.91 Å². The third-order valence-electron chi connectivity index (χ3n) is 2.04. The van der Waals surface area contributed by atoms with Gasteiger partial charge < -0.3 is 10.1 Å². The molecule has 0 saturated heterocycles. The molecule has 1 amide bonds. The molecule has 0 atom stereocenters. The van der Waals surface area contributed by atoms with Crippen molar-refractivity contribution in [2.75, 3.05) is 6.61 Å². The monoisotopic (exact) mass is 239 g/mol. The maximum Gasteiger partial charge on any atom is 0.338 e. The van der Waals surface area contributed by atoms with E-state index in [2.05, 4.69) is 18.5 Å². The quantitative estimate of drug-likeness (QED) is 0.320. The SMILES string of the molecule is C=C(C(=C)C(=O)OCCCC)C(=O)NC(C)C. The van der Waals surface area contributed by atoms with Crippen LogP contribution in [0.4, 0.5) is 0 Å². The van der Waals surface area contributed by atoms with E-state index in [1.165, 1.54) is 0 Å². The smallest absolute Gasteiger partial charge is 0.338 e. The van der Waals surface area contributed by atoms with Gasteiger partial charge >= 0.3 is 5.97 Å². The fourth-order valence-electron chi connectivity index (χ4n) is 1.01. The number of amides is 1. The summed E-state index contributed by atoms with van der Waals surface area (Å²) in [5.74, 6) is -0.972. The highest BCUT2D eigenvalue weighted by Crippen LogP contribution is 2.08. The van der Waals surface area contributed by atoms with Crippen molar-refractivity contribution in [2.45, 2.75) is 39.7 Å². The average molecular weight is 239 g/mol. The van der Waals surface area contributed by atoms with Crippen LogP contribution in [0.5, 0.6) is 0 Å². The molecule has 0 aromatic rings. The molecule has 1 N–H and O–H groups in total. The average Bonchev–Trinajstić information content (AvgIpc) is 2.26. The van der Waals surface area contributed by atoms with Crippen molar-refractivity contribution in [1.29, 1.82) is 0 Å². The van der Waals surface area contributed by atoms with Crippen molar-refractivity contribution in [3.05, 3.63) is 24.3 Å². The number of nitrogens with one attached hydrogen (secondary N) is 1. The molecule has 0 aliphatic rings. The molecule has 0 radical (unpaired) electrons. The maximum absolute atomic E-state index is 11.6. The summed E-state index contributed by atoms with van der Waals surface area (Å²) in [4.78, 5) is 23.0. The Morgan fingerprint density at radius 3 is 2.29 bits per heavy atom. The van der Waals surface area contributed by atoms with E-state index >= 15 is 0 Å². The van der Waals surface area contributed by atoms with E-state index in [4.69, 9.17) is 4.74 Å². The minimum atomic E-state index is -0.581. The molecular formula is C13H21NO3. The van der Waals surface area contributed by atoms with Crippen LogP contribution >= 0.6 is 0 Å². The van der Waals surface area contributed by atoms with Crippen molar-refractivity contribution in [1.82, 2.24) is 5.32 Å². The standard InChI is InChI=1S/C13H21NO3/c1-6-7-8-17-13(16)11(5)10(4)12(15)14-9(2)3/h9H,4-8H2,1-3H3,(H,14,15). The van der Waals surface area contributed by atoms with E-state index in [9.17, 15) is 9.59 Å². The lowest BCUT2D eigenvalue weighted by molar-refractivity contribution is -0.139. The van der Waals surface area contributed by atoms with Crippen molar-refractivity contribution < 1.29 is 14.3 Å². The highest BCUT2D eigenvalue weighted by Gasteiger charge is 2.18. The summed E-state index contributed by atoms with van der Waals surface area (Å²) in [5, 5.41) is 2.64. The van der Waals surface area contributed by atoms with Gasteiger partial charge in [-0.25, -0.2) is 4.79 Å². The van der Waals surface area contributed by atoms with Crippen LogP contribution in [-0.4, -0.2) is 24.5 Å². The largest absolute Gasteiger partial charge is 0.462 e. The molecule has 0 unspecified atom stereocenters. The van der Waals surface area contributed by atoms with Gasteiger partial charge in [0.2, 0.25) is 0 Å². The molecule has 0 fully saturated rings. The van der Waals surface area contributed by atoms with Crippen molar-refractivity contribution in [3.63, 3.8) is 0 Å². The molecule has 0 spiro atoms. The molecular weight excluding hydrogens is 218 g/mol. The Hall–Kier alpha value is -1.58. The lowest BCUT2D eigenvalue weighted by atomic mass is 10.1. The number of ether oxygens (including phenoxy) is 1. The molecule has 17 heavy (non-hydrogen) atoms. The molecule has 0 aliphatic heterocycles. The fourth-order valence-corrected chi connectivity index (χ4v) is 1.01. The van der Waals surface area contributed by atoms with Gasteiger partial charge in [-0.2, -0.15) is 0 Å². The van der Waals surface area contributed by atoms with Gasteiger partial charge in [0, 0.05) is 11.6 Å². The summed E-state index contributed by atoms with van der Waals surface area (Å²) in [6.45, 7) is 13.1. The van der Waals surface area contributed by atoms with Gasteiger partial charge in [0.15, 0.2) is 0 Å². The zero-order valence-electron chi connectivity index (χ0n) is 10.8. The van der Waals surface area contributed by atoms with Crippen LogP contribution in [0.1, 0.15) is 33.6 Å². The summed E-state index contributed by atoms with van der Waals surface area (Å²) in [6.07, 6.45) is 1.73. The van der Waals surface area contributed by atoms with E-state index in [0.29, 0.717) is 6.61 Å². The number of esters is 1. The van der Waals surface area contributed by atoms with Crippen molar-refractivity contribution in [3.8, 4) is 0 Å². The van der Waals surface area contributed by atoms with Crippen LogP contribution in [0.3, 0.4) is 0 Å². The topological polar surface area (TPSA) is 55.4 Å². The third-order valence-corrected chi connectivity index (χ3v) is 2.04. The molecule has 0 saturated carbocycles. The first-order valence-electron chi connectivity index (χ1n) is 5.76. The van der Waals surface area contributed by atoms with E-state index in [0.717, 1.165) is 12.8 Å². The van der Waals surface area contributed by atoms with Gasteiger partial charge in [0.1, 0.15) is 0 Å². The second kappa shape index (κ2) is 7.65. The van der Waals surface area contributed by atoms with Crippen LogP contribution in [0.15, 0.2) is 24.3 Å². The Kier molecular flexibility index (Phi) is 6.94. The van der Waals surface area contributed by atoms with E-state index in [1.54, 1.807) is 0 Å². The van der Waals surface area contributed by atoms with Crippen LogP contribution in [-0.2, 0) is 14.3 Å². The minimum Gasteiger partial charge on any atom is -0.462 e. The molecule has 4 heteroatoms. The molecule has 0 bridgehead atoms. The highest BCUT2D eigenvalue weighted by atomic mass is 16.5. The molecule has 0 aromatic carbocycles. The number of unbranched alkanes of at least 4 members (excludes halogenated alkanes) is 1. The summed E-state index contributed by atoms with van der Waals surface area (Å²) >= 11 is 0. The lowest BCUT2D eigenvalue weighted by Crippen LogP contribution is -2.32. The zero-order valence-corrected chi connectivity index (χ0v) is 10.8. The van der Waals surface area contributed by atoms with Crippen LogP contribution in [0.2, 0.25) is 0 Å². The molecule has 4 nitrogen and oxygen atoms in total. The number of hydrogen-bond donors (Lipinski definition) is 1. The van der Waals surface area contributed by atoms with Crippen LogP contribution < -0.4 is 5.32 Å². The predicted octanol–water partition coefficient (Wildman–Crippen LogP) is 1.97. The van der Waals surface area contributed by atoms with E-state index in [1.807, 2.05) is 20.8 Å². The molecule has 0 rings (SSSR count). The van der Waals surface area contributed by atoms with Crippen molar-refractivity contribution in [2.24, 2.45) is 0 Å². The first kappa shape index (κ1) is 15.4. The Bertz CT molecular complexity index is 319. The normalized spacial score (nSPS) is 9.88. The van der Waals surface area contributed by atoms with Gasteiger partial charge in [-0.15, -0.1) is 0 Å². The Morgan fingerprint density at radius 2 is 1.82 bits per heavy atom.